The highest BCUT2D eigenvalue weighted by molar-refractivity contribution is 14.1. The van der Waals surface area contributed by atoms with Gasteiger partial charge in [-0.1, -0.05) is 29.3 Å². The van der Waals surface area contributed by atoms with E-state index in [-0.39, 0.29) is 11.8 Å². The van der Waals surface area contributed by atoms with Crippen LogP contribution in [0.1, 0.15) is 36.5 Å². The van der Waals surface area contributed by atoms with E-state index in [9.17, 15) is 9.59 Å². The van der Waals surface area contributed by atoms with Gasteiger partial charge in [0.05, 0.1) is 5.56 Å². The Hall–Kier alpha value is -0.430. The van der Waals surface area contributed by atoms with Crippen molar-refractivity contribution in [2.45, 2.75) is 26.2 Å². The van der Waals surface area contributed by atoms with Gasteiger partial charge in [0.15, 0.2) is 0 Å². The van der Waals surface area contributed by atoms with E-state index in [4.69, 9.17) is 0 Å². The van der Waals surface area contributed by atoms with Gasteiger partial charge in [0, 0.05) is 21.0 Å². The summed E-state index contributed by atoms with van der Waals surface area (Å²) in [4.78, 5) is 25.8. The molecule has 0 spiro atoms. The van der Waals surface area contributed by atoms with Gasteiger partial charge in [0.25, 0.3) is 5.91 Å². The van der Waals surface area contributed by atoms with E-state index >= 15 is 0 Å². The fourth-order valence-electron chi connectivity index (χ4n) is 2.39. The number of amides is 2. The molecular formula is C14H15BrINO2. The molecule has 19 heavy (non-hydrogen) atoms. The van der Waals surface area contributed by atoms with Crippen LogP contribution in [0.25, 0.3) is 0 Å². The molecule has 0 N–H and O–H groups in total. The predicted octanol–water partition coefficient (Wildman–Crippen LogP) is 3.84. The van der Waals surface area contributed by atoms with Gasteiger partial charge in [-0.25, -0.2) is 0 Å². The maximum atomic E-state index is 12.5. The number of rotatable bonds is 3. The minimum absolute atomic E-state index is 0.0424. The van der Waals surface area contributed by atoms with Gasteiger partial charge < -0.3 is 0 Å². The van der Waals surface area contributed by atoms with Gasteiger partial charge in [-0.15, -0.1) is 0 Å². The van der Waals surface area contributed by atoms with E-state index in [1.807, 2.05) is 12.1 Å². The minimum atomic E-state index is -0.172. The molecule has 0 bridgehead atoms. The smallest absolute Gasteiger partial charge is 0.261 e. The van der Waals surface area contributed by atoms with Crippen LogP contribution in [0, 0.1) is 9.49 Å². The summed E-state index contributed by atoms with van der Waals surface area (Å²) < 4.78 is 1.73. The van der Waals surface area contributed by atoms with Crippen molar-refractivity contribution in [3.8, 4) is 0 Å². The largest absolute Gasteiger partial charge is 0.278 e. The summed E-state index contributed by atoms with van der Waals surface area (Å²) >= 11 is 5.49. The quantitative estimate of drug-likeness (QED) is 0.534. The van der Waals surface area contributed by atoms with Crippen molar-refractivity contribution in [1.29, 1.82) is 0 Å². The van der Waals surface area contributed by atoms with Crippen LogP contribution in [0.4, 0.5) is 0 Å². The highest BCUT2D eigenvalue weighted by atomic mass is 127. The first-order valence-corrected chi connectivity index (χ1v) is 8.19. The highest BCUT2D eigenvalue weighted by Crippen LogP contribution is 2.26. The highest BCUT2D eigenvalue weighted by Gasteiger charge is 2.34. The summed E-state index contributed by atoms with van der Waals surface area (Å²) in [6.07, 6.45) is 2.56. The van der Waals surface area contributed by atoms with Gasteiger partial charge in [0.1, 0.15) is 0 Å². The molecule has 2 rings (SSSR count). The second-order valence-electron chi connectivity index (χ2n) is 4.79. The molecule has 1 heterocycles. The van der Waals surface area contributed by atoms with Crippen LogP contribution in [0.2, 0.25) is 0 Å². The number of imide groups is 1. The number of hydrogen-bond donors (Lipinski definition) is 0. The molecule has 0 saturated carbocycles. The molecule has 0 radical (unpaired) electrons. The molecule has 1 unspecified atom stereocenters. The number of carbonyl (C=O) groups excluding carboxylic acids is 2. The Morgan fingerprint density at radius 1 is 1.53 bits per heavy atom. The summed E-state index contributed by atoms with van der Waals surface area (Å²) in [5, 5.41) is 0. The Labute approximate surface area is 135 Å². The second-order valence-corrected chi connectivity index (χ2v) is 6.87. The molecule has 0 aliphatic carbocycles. The summed E-state index contributed by atoms with van der Waals surface area (Å²) in [5.41, 5.74) is 0.598. The van der Waals surface area contributed by atoms with Gasteiger partial charge in [-0.05, 0) is 53.1 Å². The van der Waals surface area contributed by atoms with Crippen molar-refractivity contribution >= 4 is 50.3 Å². The molecule has 1 aliphatic heterocycles. The lowest BCUT2D eigenvalue weighted by molar-refractivity contribution is -0.125. The van der Waals surface area contributed by atoms with Crippen molar-refractivity contribution in [2.24, 2.45) is 5.92 Å². The van der Waals surface area contributed by atoms with Gasteiger partial charge in [0.2, 0.25) is 5.91 Å². The monoisotopic (exact) mass is 435 g/mol. The van der Waals surface area contributed by atoms with E-state index in [0.29, 0.717) is 24.4 Å². The fourth-order valence-corrected chi connectivity index (χ4v) is 3.31. The minimum Gasteiger partial charge on any atom is -0.278 e. The number of hydrogen-bond acceptors (Lipinski definition) is 2. The molecule has 102 valence electrons. The van der Waals surface area contributed by atoms with Crippen LogP contribution in [0.3, 0.4) is 0 Å². The summed E-state index contributed by atoms with van der Waals surface area (Å²) in [7, 11) is 0. The van der Waals surface area contributed by atoms with E-state index in [0.717, 1.165) is 20.9 Å². The first kappa shape index (κ1) is 15.0. The van der Waals surface area contributed by atoms with Crippen LogP contribution in [0.15, 0.2) is 22.7 Å². The first-order valence-electron chi connectivity index (χ1n) is 6.32. The van der Waals surface area contributed by atoms with Crippen LogP contribution >= 0.6 is 38.5 Å². The normalized spacial score (nSPS) is 19.0. The molecule has 1 aromatic carbocycles. The van der Waals surface area contributed by atoms with Gasteiger partial charge in [-0.2, -0.15) is 0 Å². The van der Waals surface area contributed by atoms with E-state index in [1.165, 1.54) is 4.90 Å². The standard InChI is InChI=1S/C14H15BrINO2/c1-2-3-9-6-13(18)17(8-9)14(19)11-7-10(15)4-5-12(11)16/h4-5,7,9H,2-3,6,8H2,1H3. The van der Waals surface area contributed by atoms with Crippen molar-refractivity contribution < 1.29 is 9.59 Å². The second kappa shape index (κ2) is 6.35. The zero-order chi connectivity index (χ0) is 14.0. The predicted molar refractivity (Wildman–Crippen MR) is 85.9 cm³/mol. The first-order chi connectivity index (χ1) is 9.02. The number of likely N-dealkylation sites (tertiary alicyclic amines) is 1. The summed E-state index contributed by atoms with van der Waals surface area (Å²) in [6, 6.07) is 5.55. The number of carbonyl (C=O) groups is 2. The number of halogens is 2. The molecule has 0 aromatic heterocycles. The Balaban J connectivity index is 2.20. The van der Waals surface area contributed by atoms with Crippen molar-refractivity contribution in [3.63, 3.8) is 0 Å². The molecule has 1 aromatic rings. The Morgan fingerprint density at radius 3 is 2.95 bits per heavy atom. The topological polar surface area (TPSA) is 37.4 Å². The number of benzene rings is 1. The van der Waals surface area contributed by atoms with Crippen LogP contribution in [-0.2, 0) is 4.79 Å². The van der Waals surface area contributed by atoms with Crippen molar-refractivity contribution in [1.82, 2.24) is 4.90 Å². The van der Waals surface area contributed by atoms with Crippen LogP contribution < -0.4 is 0 Å². The molecular weight excluding hydrogens is 421 g/mol. The third-order valence-corrected chi connectivity index (χ3v) is 4.74. The SMILES string of the molecule is CCCC1CC(=O)N(C(=O)c2cc(Br)ccc2I)C1. The average Bonchev–Trinajstić information content (AvgIpc) is 2.73. The third kappa shape index (κ3) is 3.37. The maximum absolute atomic E-state index is 12.5. The molecule has 1 fully saturated rings. The molecule has 1 saturated heterocycles. The van der Waals surface area contributed by atoms with Crippen molar-refractivity contribution in [3.05, 3.63) is 31.8 Å². The zero-order valence-electron chi connectivity index (χ0n) is 10.7. The van der Waals surface area contributed by atoms with E-state index in [2.05, 4.69) is 45.4 Å². The maximum Gasteiger partial charge on any atom is 0.261 e. The zero-order valence-corrected chi connectivity index (χ0v) is 14.4. The number of nitrogens with zero attached hydrogens (tertiary/aromatic N) is 1. The fraction of sp³-hybridized carbons (Fsp3) is 0.429. The van der Waals surface area contributed by atoms with Crippen molar-refractivity contribution in [2.75, 3.05) is 6.54 Å². The lowest BCUT2D eigenvalue weighted by Gasteiger charge is -2.16. The average molecular weight is 436 g/mol. The lowest BCUT2D eigenvalue weighted by Crippen LogP contribution is -2.33. The van der Waals surface area contributed by atoms with E-state index < -0.39 is 0 Å². The summed E-state index contributed by atoms with van der Waals surface area (Å²) in [5.74, 6) is 0.111. The Morgan fingerprint density at radius 2 is 2.26 bits per heavy atom. The van der Waals surface area contributed by atoms with Crippen LogP contribution in [0.5, 0.6) is 0 Å². The Kier molecular flexibility index (Phi) is 5.00. The molecule has 1 aliphatic rings. The van der Waals surface area contributed by atoms with Crippen LogP contribution in [-0.4, -0.2) is 23.3 Å². The van der Waals surface area contributed by atoms with Gasteiger partial charge in [-0.3, -0.25) is 14.5 Å². The van der Waals surface area contributed by atoms with Gasteiger partial charge >= 0.3 is 0 Å². The molecule has 1 atom stereocenters. The Bertz CT molecular complexity index is 518. The lowest BCUT2D eigenvalue weighted by atomic mass is 10.0. The molecule has 5 heteroatoms. The third-order valence-electron chi connectivity index (χ3n) is 3.31. The molecule has 3 nitrogen and oxygen atoms in total. The van der Waals surface area contributed by atoms with E-state index in [1.54, 1.807) is 6.07 Å². The summed E-state index contributed by atoms with van der Waals surface area (Å²) in [6.45, 7) is 2.67. The molecule has 2 amide bonds.